The van der Waals surface area contributed by atoms with Gasteiger partial charge in [-0.25, -0.2) is 5.10 Å². The lowest BCUT2D eigenvalue weighted by molar-refractivity contribution is -0.120. The van der Waals surface area contributed by atoms with E-state index in [1.54, 1.807) is 0 Å². The highest BCUT2D eigenvalue weighted by molar-refractivity contribution is 5.98. The molecule has 5 rings (SSSR count). The van der Waals surface area contributed by atoms with Crippen LogP contribution in [0.3, 0.4) is 0 Å². The maximum absolute atomic E-state index is 13.6. The van der Waals surface area contributed by atoms with Gasteiger partial charge in [0.1, 0.15) is 0 Å². The first-order valence-corrected chi connectivity index (χ1v) is 11.7. The van der Waals surface area contributed by atoms with Crippen LogP contribution in [0.1, 0.15) is 31.4 Å². The number of aromatic nitrogens is 4. The molecule has 3 aromatic carbocycles. The lowest BCUT2D eigenvalue weighted by Gasteiger charge is -2.27. The Hall–Kier alpha value is -3.84. The van der Waals surface area contributed by atoms with Gasteiger partial charge in [-0.2, -0.15) is 0 Å². The van der Waals surface area contributed by atoms with Crippen LogP contribution in [0.15, 0.2) is 72.8 Å². The smallest absolute Gasteiger partial charge is 0.244 e. The summed E-state index contributed by atoms with van der Waals surface area (Å²) in [5.41, 5.74) is 6.36. The molecule has 0 aliphatic carbocycles. The average Bonchev–Trinajstić information content (AvgIpc) is 3.36. The first-order chi connectivity index (χ1) is 16.6. The van der Waals surface area contributed by atoms with Crippen LogP contribution in [0.25, 0.3) is 22.5 Å². The highest BCUT2D eigenvalue weighted by Crippen LogP contribution is 2.31. The van der Waals surface area contributed by atoms with Crippen molar-refractivity contribution >= 4 is 11.6 Å². The standard InChI is InChI=1S/C27H28N6O/c1-18(2)28-24-16-15-21-7-3-6-10-25(21)33(27(24)34)17-19-11-13-20(14-12-19)22-8-4-5-9-23(22)26-29-31-32-30-26/h3-14,18,24,28H,15-17H2,1-2H3,(H,29,30,31,32). The summed E-state index contributed by atoms with van der Waals surface area (Å²) in [6, 6.07) is 24.7. The maximum atomic E-state index is 13.6. The Labute approximate surface area is 199 Å². The molecule has 1 aromatic heterocycles. The third kappa shape index (κ3) is 4.47. The molecule has 2 heterocycles. The van der Waals surface area contributed by atoms with Crippen molar-refractivity contribution in [3.63, 3.8) is 0 Å². The van der Waals surface area contributed by atoms with Gasteiger partial charge in [0, 0.05) is 17.3 Å². The summed E-state index contributed by atoms with van der Waals surface area (Å²) in [4.78, 5) is 15.5. The highest BCUT2D eigenvalue weighted by atomic mass is 16.2. The van der Waals surface area contributed by atoms with E-state index in [2.05, 4.69) is 82.3 Å². The molecule has 1 atom stereocenters. The number of amides is 1. The summed E-state index contributed by atoms with van der Waals surface area (Å²) in [6.07, 6.45) is 1.69. The van der Waals surface area contributed by atoms with Gasteiger partial charge in [0.05, 0.1) is 12.6 Å². The Morgan fingerprint density at radius 3 is 2.47 bits per heavy atom. The van der Waals surface area contributed by atoms with Crippen molar-refractivity contribution in [3.8, 4) is 22.5 Å². The minimum Gasteiger partial charge on any atom is -0.306 e. The largest absolute Gasteiger partial charge is 0.306 e. The molecule has 7 nitrogen and oxygen atoms in total. The van der Waals surface area contributed by atoms with Crippen LogP contribution in [-0.4, -0.2) is 38.6 Å². The third-order valence-corrected chi connectivity index (χ3v) is 6.22. The van der Waals surface area contributed by atoms with Gasteiger partial charge in [-0.15, -0.1) is 5.10 Å². The van der Waals surface area contributed by atoms with Crippen molar-refractivity contribution in [3.05, 3.63) is 83.9 Å². The van der Waals surface area contributed by atoms with Crippen molar-refractivity contribution in [1.29, 1.82) is 0 Å². The van der Waals surface area contributed by atoms with Crippen LogP contribution in [0, 0.1) is 0 Å². The number of aromatic amines is 1. The summed E-state index contributed by atoms with van der Waals surface area (Å²) in [5.74, 6) is 0.765. The van der Waals surface area contributed by atoms with E-state index in [0.717, 1.165) is 40.8 Å². The van der Waals surface area contributed by atoms with E-state index in [-0.39, 0.29) is 18.0 Å². The molecule has 0 spiro atoms. The fourth-order valence-electron chi connectivity index (χ4n) is 4.62. The minimum absolute atomic E-state index is 0.130. The number of carbonyl (C=O) groups excluding carboxylic acids is 1. The zero-order valence-electron chi connectivity index (χ0n) is 19.4. The number of anilines is 1. The van der Waals surface area contributed by atoms with Gasteiger partial charge in [0.2, 0.25) is 5.91 Å². The van der Waals surface area contributed by atoms with Gasteiger partial charge >= 0.3 is 0 Å². The second-order valence-corrected chi connectivity index (χ2v) is 8.96. The predicted molar refractivity (Wildman–Crippen MR) is 133 cm³/mol. The predicted octanol–water partition coefficient (Wildman–Crippen LogP) is 4.38. The molecule has 2 N–H and O–H groups in total. The molecule has 4 aromatic rings. The molecular weight excluding hydrogens is 424 g/mol. The number of aryl methyl sites for hydroxylation is 1. The lowest BCUT2D eigenvalue weighted by atomic mass is 9.98. The number of rotatable bonds is 6. The fraction of sp³-hybridized carbons (Fsp3) is 0.259. The van der Waals surface area contributed by atoms with Crippen molar-refractivity contribution in [2.24, 2.45) is 0 Å². The number of hydrogen-bond donors (Lipinski definition) is 2. The average molecular weight is 453 g/mol. The Bertz CT molecular complexity index is 1270. The molecular formula is C27H28N6O. The second-order valence-electron chi connectivity index (χ2n) is 8.96. The van der Waals surface area contributed by atoms with Crippen molar-refractivity contribution in [1.82, 2.24) is 25.9 Å². The van der Waals surface area contributed by atoms with Crippen molar-refractivity contribution in [2.75, 3.05) is 4.90 Å². The van der Waals surface area contributed by atoms with Gasteiger partial charge in [-0.05, 0) is 51.6 Å². The number of nitrogens with zero attached hydrogens (tertiary/aromatic N) is 4. The molecule has 0 saturated carbocycles. The lowest BCUT2D eigenvalue weighted by Crippen LogP contribution is -2.47. The van der Waals surface area contributed by atoms with Gasteiger partial charge in [-0.3, -0.25) is 4.79 Å². The van der Waals surface area contributed by atoms with E-state index < -0.39 is 0 Å². The Kier molecular flexibility index (Phi) is 6.18. The third-order valence-electron chi connectivity index (χ3n) is 6.22. The number of benzene rings is 3. The van der Waals surface area contributed by atoms with Gasteiger partial charge in [-0.1, -0.05) is 80.6 Å². The molecule has 0 saturated heterocycles. The van der Waals surface area contributed by atoms with E-state index in [1.165, 1.54) is 5.56 Å². The summed E-state index contributed by atoms with van der Waals surface area (Å²) in [7, 11) is 0. The van der Waals surface area contributed by atoms with Crippen LogP contribution >= 0.6 is 0 Å². The van der Waals surface area contributed by atoms with Crippen LogP contribution in [-0.2, 0) is 17.8 Å². The first-order valence-electron chi connectivity index (χ1n) is 11.7. The molecule has 172 valence electrons. The fourth-order valence-corrected chi connectivity index (χ4v) is 4.62. The van der Waals surface area contributed by atoms with E-state index >= 15 is 0 Å². The van der Waals surface area contributed by atoms with E-state index in [0.29, 0.717) is 12.4 Å². The van der Waals surface area contributed by atoms with Gasteiger partial charge in [0.25, 0.3) is 0 Å². The monoisotopic (exact) mass is 452 g/mol. The Balaban J connectivity index is 1.44. The summed E-state index contributed by atoms with van der Waals surface area (Å²) in [5, 5.41) is 17.8. The Morgan fingerprint density at radius 1 is 1.00 bits per heavy atom. The quantitative estimate of drug-likeness (QED) is 0.453. The molecule has 0 fully saturated rings. The maximum Gasteiger partial charge on any atom is 0.244 e. The zero-order valence-corrected chi connectivity index (χ0v) is 19.4. The van der Waals surface area contributed by atoms with E-state index in [9.17, 15) is 4.79 Å². The second kappa shape index (κ2) is 9.57. The normalized spacial score (nSPS) is 15.9. The van der Waals surface area contributed by atoms with Crippen LogP contribution in [0.4, 0.5) is 5.69 Å². The Morgan fingerprint density at radius 2 is 1.74 bits per heavy atom. The zero-order chi connectivity index (χ0) is 23.5. The van der Waals surface area contributed by atoms with Gasteiger partial charge in [0.15, 0.2) is 5.82 Å². The summed E-state index contributed by atoms with van der Waals surface area (Å²) in [6.45, 7) is 4.70. The number of nitrogens with one attached hydrogen (secondary N) is 2. The van der Waals surface area contributed by atoms with Crippen LogP contribution < -0.4 is 10.2 Å². The number of hydrogen-bond acceptors (Lipinski definition) is 5. The molecule has 0 bridgehead atoms. The SMILES string of the molecule is CC(C)NC1CCc2ccccc2N(Cc2ccc(-c3ccccc3-c3nnn[nH]3)cc2)C1=O. The summed E-state index contributed by atoms with van der Waals surface area (Å²) >= 11 is 0. The number of H-pyrrole nitrogens is 1. The molecule has 1 amide bonds. The molecule has 1 unspecified atom stereocenters. The highest BCUT2D eigenvalue weighted by Gasteiger charge is 2.30. The number of para-hydroxylation sites is 1. The van der Waals surface area contributed by atoms with Crippen LogP contribution in [0.2, 0.25) is 0 Å². The molecule has 34 heavy (non-hydrogen) atoms. The van der Waals surface area contributed by atoms with Crippen LogP contribution in [0.5, 0.6) is 0 Å². The summed E-state index contributed by atoms with van der Waals surface area (Å²) < 4.78 is 0. The minimum atomic E-state index is -0.186. The molecule has 1 aliphatic rings. The number of carbonyl (C=O) groups is 1. The van der Waals surface area contributed by atoms with Crippen molar-refractivity contribution < 1.29 is 4.79 Å². The van der Waals surface area contributed by atoms with Gasteiger partial charge < -0.3 is 10.2 Å². The first kappa shape index (κ1) is 22.0. The van der Waals surface area contributed by atoms with E-state index in [4.69, 9.17) is 0 Å². The number of tetrazole rings is 1. The number of fused-ring (bicyclic) bond motifs is 1. The molecule has 0 radical (unpaired) electrons. The topological polar surface area (TPSA) is 86.8 Å². The van der Waals surface area contributed by atoms with Crippen molar-refractivity contribution in [2.45, 2.75) is 45.3 Å². The molecule has 7 heteroatoms. The molecule has 1 aliphatic heterocycles. The van der Waals surface area contributed by atoms with E-state index in [1.807, 2.05) is 35.2 Å².